The molecule has 0 aromatic heterocycles. The van der Waals surface area contributed by atoms with Crippen molar-refractivity contribution >= 4 is 11.6 Å². The Morgan fingerprint density at radius 1 is 1.42 bits per heavy atom. The van der Waals surface area contributed by atoms with Crippen LogP contribution in [-0.2, 0) is 0 Å². The fourth-order valence-electron chi connectivity index (χ4n) is 3.27. The highest BCUT2D eigenvalue weighted by molar-refractivity contribution is 6.30. The first-order chi connectivity index (χ1) is 9.12. The summed E-state index contributed by atoms with van der Waals surface area (Å²) in [6.07, 6.45) is 3.03. The average Bonchev–Trinajstić information content (AvgIpc) is 2.41. The summed E-state index contributed by atoms with van der Waals surface area (Å²) in [5, 5.41) is 0.731. The van der Waals surface area contributed by atoms with Gasteiger partial charge in [-0.05, 0) is 37.6 Å². The number of ether oxygens (including phenoxy) is 1. The van der Waals surface area contributed by atoms with Crippen LogP contribution in [0.4, 0.5) is 0 Å². The molecule has 1 fully saturated rings. The predicted molar refractivity (Wildman–Crippen MR) is 77.7 cm³/mol. The van der Waals surface area contributed by atoms with Crippen molar-refractivity contribution in [1.29, 1.82) is 0 Å². The summed E-state index contributed by atoms with van der Waals surface area (Å²) in [5.74, 6) is 0.924. The highest BCUT2D eigenvalue weighted by Gasteiger charge is 2.42. The number of likely N-dealkylation sites (tertiary alicyclic amines) is 1. The van der Waals surface area contributed by atoms with Crippen molar-refractivity contribution in [3.8, 4) is 5.75 Å². The molecular weight excluding hydrogens is 260 g/mol. The summed E-state index contributed by atoms with van der Waals surface area (Å²) in [7, 11) is 0. The van der Waals surface area contributed by atoms with Crippen molar-refractivity contribution in [3.63, 3.8) is 0 Å². The van der Waals surface area contributed by atoms with Crippen LogP contribution in [-0.4, -0.2) is 30.1 Å². The van der Waals surface area contributed by atoms with Crippen LogP contribution in [0, 0.1) is 0 Å². The topological polar surface area (TPSA) is 38.5 Å². The molecule has 3 rings (SSSR count). The second kappa shape index (κ2) is 4.97. The Morgan fingerprint density at radius 2 is 2.16 bits per heavy atom. The zero-order chi connectivity index (χ0) is 13.5. The molecule has 0 saturated carbocycles. The SMILES string of the molecule is CCN1CCC2(CC1)CC(N)c1cc(Cl)ccc1O2. The average molecular weight is 281 g/mol. The van der Waals surface area contributed by atoms with E-state index in [4.69, 9.17) is 22.1 Å². The van der Waals surface area contributed by atoms with Gasteiger partial charge in [0.1, 0.15) is 11.4 Å². The molecule has 1 atom stereocenters. The molecule has 1 spiro atoms. The van der Waals surface area contributed by atoms with Crippen LogP contribution in [0.3, 0.4) is 0 Å². The number of piperidine rings is 1. The van der Waals surface area contributed by atoms with E-state index in [0.29, 0.717) is 0 Å². The number of benzene rings is 1. The fourth-order valence-corrected chi connectivity index (χ4v) is 3.45. The first kappa shape index (κ1) is 13.2. The molecule has 19 heavy (non-hydrogen) atoms. The standard InChI is InChI=1S/C15H21ClN2O/c1-2-18-7-5-15(6-8-18)10-13(17)12-9-11(16)3-4-14(12)19-15/h3-4,9,13H,2,5-8,10,17H2,1H3. The number of hydrogen-bond donors (Lipinski definition) is 1. The van der Waals surface area contributed by atoms with E-state index >= 15 is 0 Å². The third kappa shape index (κ3) is 2.47. The molecule has 0 amide bonds. The molecule has 4 heteroatoms. The maximum atomic E-state index is 6.34. The van der Waals surface area contributed by atoms with Crippen LogP contribution in [0.15, 0.2) is 18.2 Å². The van der Waals surface area contributed by atoms with Crippen molar-refractivity contribution in [1.82, 2.24) is 4.90 Å². The Morgan fingerprint density at radius 3 is 2.84 bits per heavy atom. The molecule has 0 aliphatic carbocycles. The normalized spacial score (nSPS) is 25.9. The van der Waals surface area contributed by atoms with E-state index in [9.17, 15) is 0 Å². The van der Waals surface area contributed by atoms with E-state index in [1.54, 1.807) is 0 Å². The van der Waals surface area contributed by atoms with Crippen molar-refractivity contribution in [2.24, 2.45) is 5.73 Å². The summed E-state index contributed by atoms with van der Waals surface area (Å²) >= 11 is 6.04. The summed E-state index contributed by atoms with van der Waals surface area (Å²) in [6.45, 7) is 5.54. The van der Waals surface area contributed by atoms with Gasteiger partial charge in [-0.3, -0.25) is 0 Å². The van der Waals surface area contributed by atoms with Gasteiger partial charge in [-0.1, -0.05) is 18.5 Å². The number of nitrogens with two attached hydrogens (primary N) is 1. The lowest BCUT2D eigenvalue weighted by Crippen LogP contribution is -2.51. The molecule has 2 aliphatic rings. The van der Waals surface area contributed by atoms with E-state index in [0.717, 1.165) is 55.2 Å². The third-order valence-electron chi connectivity index (χ3n) is 4.50. The van der Waals surface area contributed by atoms with Gasteiger partial charge in [-0.15, -0.1) is 0 Å². The van der Waals surface area contributed by atoms with Gasteiger partial charge in [-0.2, -0.15) is 0 Å². The molecule has 104 valence electrons. The Balaban J connectivity index is 1.83. The van der Waals surface area contributed by atoms with Crippen LogP contribution in [0.1, 0.15) is 37.8 Å². The van der Waals surface area contributed by atoms with E-state index in [-0.39, 0.29) is 11.6 Å². The molecule has 0 bridgehead atoms. The zero-order valence-electron chi connectivity index (χ0n) is 11.4. The van der Waals surface area contributed by atoms with Crippen molar-refractivity contribution < 1.29 is 4.74 Å². The Kier molecular flexibility index (Phi) is 3.46. The Hall–Kier alpha value is -0.770. The summed E-state index contributed by atoms with van der Waals surface area (Å²) < 4.78 is 6.31. The summed E-state index contributed by atoms with van der Waals surface area (Å²) in [6, 6.07) is 5.82. The van der Waals surface area contributed by atoms with E-state index < -0.39 is 0 Å². The minimum atomic E-state index is -0.0636. The van der Waals surface area contributed by atoms with Crippen LogP contribution in [0.5, 0.6) is 5.75 Å². The monoisotopic (exact) mass is 280 g/mol. The first-order valence-corrected chi connectivity index (χ1v) is 7.46. The molecule has 0 radical (unpaired) electrons. The molecule has 1 aromatic rings. The molecule has 2 N–H and O–H groups in total. The van der Waals surface area contributed by atoms with Gasteiger partial charge in [0.2, 0.25) is 0 Å². The predicted octanol–water partition coefficient (Wildman–Crippen LogP) is 2.98. The number of nitrogens with zero attached hydrogens (tertiary/aromatic N) is 1. The van der Waals surface area contributed by atoms with E-state index in [1.807, 2.05) is 18.2 Å². The van der Waals surface area contributed by atoms with Crippen molar-refractivity contribution in [2.75, 3.05) is 19.6 Å². The molecule has 1 aromatic carbocycles. The van der Waals surface area contributed by atoms with Crippen LogP contribution in [0.2, 0.25) is 5.02 Å². The lowest BCUT2D eigenvalue weighted by Gasteiger charge is -2.46. The van der Waals surface area contributed by atoms with Crippen LogP contribution < -0.4 is 10.5 Å². The second-order valence-corrected chi connectivity index (χ2v) is 6.15. The lowest BCUT2D eigenvalue weighted by atomic mass is 9.81. The molecule has 3 nitrogen and oxygen atoms in total. The van der Waals surface area contributed by atoms with Gasteiger partial charge in [-0.25, -0.2) is 0 Å². The first-order valence-electron chi connectivity index (χ1n) is 7.08. The van der Waals surface area contributed by atoms with Crippen molar-refractivity contribution in [2.45, 2.75) is 37.8 Å². The quantitative estimate of drug-likeness (QED) is 0.859. The van der Waals surface area contributed by atoms with Gasteiger partial charge < -0.3 is 15.4 Å². The second-order valence-electron chi connectivity index (χ2n) is 5.71. The number of halogens is 1. The Bertz CT molecular complexity index is 469. The largest absolute Gasteiger partial charge is 0.487 e. The molecule has 1 saturated heterocycles. The molecule has 2 heterocycles. The fraction of sp³-hybridized carbons (Fsp3) is 0.600. The van der Waals surface area contributed by atoms with E-state index in [1.165, 1.54) is 0 Å². The highest BCUT2D eigenvalue weighted by Crippen LogP contribution is 2.43. The minimum Gasteiger partial charge on any atom is -0.487 e. The van der Waals surface area contributed by atoms with Gasteiger partial charge in [0.25, 0.3) is 0 Å². The molecule has 1 unspecified atom stereocenters. The smallest absolute Gasteiger partial charge is 0.125 e. The van der Waals surface area contributed by atoms with Gasteiger partial charge in [0, 0.05) is 36.1 Å². The van der Waals surface area contributed by atoms with Crippen LogP contribution in [0.25, 0.3) is 0 Å². The maximum Gasteiger partial charge on any atom is 0.125 e. The minimum absolute atomic E-state index is 0.0376. The Labute approximate surface area is 119 Å². The van der Waals surface area contributed by atoms with E-state index in [2.05, 4.69) is 11.8 Å². The summed E-state index contributed by atoms with van der Waals surface area (Å²) in [5.41, 5.74) is 7.32. The number of hydrogen-bond acceptors (Lipinski definition) is 3. The lowest BCUT2D eigenvalue weighted by molar-refractivity contribution is -0.0205. The highest BCUT2D eigenvalue weighted by atomic mass is 35.5. The molecule has 2 aliphatic heterocycles. The zero-order valence-corrected chi connectivity index (χ0v) is 12.1. The summed E-state index contributed by atoms with van der Waals surface area (Å²) in [4.78, 5) is 2.47. The number of rotatable bonds is 1. The number of fused-ring (bicyclic) bond motifs is 1. The van der Waals surface area contributed by atoms with Gasteiger partial charge in [0.15, 0.2) is 0 Å². The van der Waals surface area contributed by atoms with Crippen molar-refractivity contribution in [3.05, 3.63) is 28.8 Å². The van der Waals surface area contributed by atoms with Crippen LogP contribution >= 0.6 is 11.6 Å². The third-order valence-corrected chi connectivity index (χ3v) is 4.74. The molecular formula is C15H21ClN2O. The van der Waals surface area contributed by atoms with Gasteiger partial charge in [0.05, 0.1) is 0 Å². The maximum absolute atomic E-state index is 6.34. The van der Waals surface area contributed by atoms with Gasteiger partial charge >= 0.3 is 0 Å².